The van der Waals surface area contributed by atoms with Gasteiger partial charge in [-0.05, 0) is 19.9 Å². The number of hydrogen-bond donors (Lipinski definition) is 0. The van der Waals surface area contributed by atoms with Gasteiger partial charge < -0.3 is 0 Å². The third-order valence-corrected chi connectivity index (χ3v) is 1.32. The first-order chi connectivity index (χ1) is 5.99. The Morgan fingerprint density at radius 1 is 1.69 bits per heavy atom. The van der Waals surface area contributed by atoms with Gasteiger partial charge in [0, 0.05) is 0 Å². The van der Waals surface area contributed by atoms with Crippen molar-refractivity contribution in [2.75, 3.05) is 0 Å². The first-order valence-corrected chi connectivity index (χ1v) is 3.70. The molecule has 0 radical (unpaired) electrons. The fraction of sp³-hybridized carbons (Fsp3) is 0.571. The molecule has 0 fully saturated rings. The van der Waals surface area contributed by atoms with E-state index in [0.29, 0.717) is 6.42 Å². The van der Waals surface area contributed by atoms with Crippen molar-refractivity contribution < 1.29 is 19.5 Å². The second-order valence-electron chi connectivity index (χ2n) is 2.39. The maximum atomic E-state index is 10.7. The van der Waals surface area contributed by atoms with Gasteiger partial charge in [0.05, 0.1) is 4.92 Å². The third kappa shape index (κ3) is 4.22. The highest BCUT2D eigenvalue weighted by molar-refractivity contribution is 5.84. The lowest BCUT2D eigenvalue weighted by atomic mass is 10.3. The van der Waals surface area contributed by atoms with Crippen LogP contribution in [0.5, 0.6) is 0 Å². The molecule has 13 heavy (non-hydrogen) atoms. The third-order valence-electron chi connectivity index (χ3n) is 1.32. The van der Waals surface area contributed by atoms with Gasteiger partial charge in [0.25, 0.3) is 0 Å². The number of nitro groups is 1. The van der Waals surface area contributed by atoms with Gasteiger partial charge in [-0.25, -0.2) is 4.79 Å². The first-order valence-electron chi connectivity index (χ1n) is 3.70. The second kappa shape index (κ2) is 5.26. The number of carbonyl (C=O) groups excluding carboxylic acids is 1. The van der Waals surface area contributed by atoms with E-state index in [1.54, 1.807) is 6.92 Å². The van der Waals surface area contributed by atoms with Crippen molar-refractivity contribution in [1.29, 1.82) is 0 Å². The predicted octanol–water partition coefficient (Wildman–Crippen LogP) is 1.05. The summed E-state index contributed by atoms with van der Waals surface area (Å²) in [5, 5.41) is 10.0. The van der Waals surface area contributed by atoms with Gasteiger partial charge in [0.2, 0.25) is 0 Å². The summed E-state index contributed by atoms with van der Waals surface area (Å²) in [4.78, 5) is 28.4. The Kier molecular flexibility index (Phi) is 4.68. The van der Waals surface area contributed by atoms with E-state index >= 15 is 0 Å². The highest BCUT2D eigenvalue weighted by atomic mass is 17.2. The molecule has 0 saturated heterocycles. The molecule has 6 nitrogen and oxygen atoms in total. The molecule has 74 valence electrons. The number of hydrogen-bond acceptors (Lipinski definition) is 5. The molecule has 0 aliphatic rings. The Bertz CT molecular complexity index is 225. The highest BCUT2D eigenvalue weighted by Crippen LogP contribution is 2.01. The van der Waals surface area contributed by atoms with E-state index in [4.69, 9.17) is 0 Å². The van der Waals surface area contributed by atoms with E-state index in [9.17, 15) is 14.9 Å². The van der Waals surface area contributed by atoms with E-state index in [0.717, 1.165) is 0 Å². The van der Waals surface area contributed by atoms with Crippen LogP contribution in [0.25, 0.3) is 0 Å². The highest BCUT2D eigenvalue weighted by Gasteiger charge is 2.22. The van der Waals surface area contributed by atoms with Crippen LogP contribution in [0.3, 0.4) is 0 Å². The summed E-state index contributed by atoms with van der Waals surface area (Å²) in [6, 6.07) is 0. The fourth-order valence-electron chi connectivity index (χ4n) is 0.317. The van der Waals surface area contributed by atoms with Gasteiger partial charge in [-0.3, -0.25) is 15.0 Å². The molecule has 0 bridgehead atoms. The fourth-order valence-corrected chi connectivity index (χ4v) is 0.317. The molecule has 0 aromatic carbocycles. The molecule has 0 rings (SSSR count). The molecule has 0 saturated carbocycles. The van der Waals surface area contributed by atoms with E-state index in [1.165, 1.54) is 0 Å². The van der Waals surface area contributed by atoms with Crippen molar-refractivity contribution >= 4 is 5.97 Å². The van der Waals surface area contributed by atoms with Crippen molar-refractivity contribution in [2.24, 2.45) is 0 Å². The molecule has 1 unspecified atom stereocenters. The van der Waals surface area contributed by atoms with Gasteiger partial charge in [-0.15, -0.1) is 0 Å². The Morgan fingerprint density at radius 3 is 2.62 bits per heavy atom. The molecule has 0 amide bonds. The summed E-state index contributed by atoms with van der Waals surface area (Å²) in [5.41, 5.74) is -0.844. The molecular weight excluding hydrogens is 178 g/mol. The maximum absolute atomic E-state index is 10.7. The molecule has 1 atom stereocenters. The molecule has 6 heteroatoms. The summed E-state index contributed by atoms with van der Waals surface area (Å²) in [6.45, 7) is 6.39. The zero-order valence-electron chi connectivity index (χ0n) is 7.48. The Hall–Kier alpha value is -1.43. The van der Waals surface area contributed by atoms with Crippen molar-refractivity contribution in [3.63, 3.8) is 0 Å². The lowest BCUT2D eigenvalue weighted by Crippen LogP contribution is -2.17. The van der Waals surface area contributed by atoms with Crippen LogP contribution >= 0.6 is 0 Å². The molecule has 0 aliphatic heterocycles. The number of nitrogens with zero attached hydrogens (tertiary/aromatic N) is 1. The number of rotatable bonds is 5. The SMILES string of the molecule is C=C(C(=O)OOC(C)CC)[N+](=O)[O-]. The largest absolute Gasteiger partial charge is 0.441 e. The Labute approximate surface area is 75.2 Å². The standard InChI is InChI=1S/C7H11NO5/c1-4-5(2)12-13-7(9)6(3)8(10)11/h5H,3-4H2,1-2H3. The van der Waals surface area contributed by atoms with E-state index < -0.39 is 16.6 Å². The summed E-state index contributed by atoms with van der Waals surface area (Å²) >= 11 is 0. The summed E-state index contributed by atoms with van der Waals surface area (Å²) in [7, 11) is 0. The summed E-state index contributed by atoms with van der Waals surface area (Å²) in [5.74, 6) is -1.18. The van der Waals surface area contributed by atoms with Crippen LogP contribution in [0, 0.1) is 10.1 Å². The van der Waals surface area contributed by atoms with Crippen LogP contribution in [-0.2, 0) is 14.6 Å². The predicted molar refractivity (Wildman–Crippen MR) is 43.1 cm³/mol. The average molecular weight is 189 g/mol. The quantitative estimate of drug-likeness (QED) is 0.279. The minimum absolute atomic E-state index is 0.288. The van der Waals surface area contributed by atoms with Gasteiger partial charge in [0.15, 0.2) is 0 Å². The van der Waals surface area contributed by atoms with Gasteiger partial charge in [0.1, 0.15) is 6.10 Å². The first kappa shape index (κ1) is 11.6. The molecular formula is C7H11NO5. The van der Waals surface area contributed by atoms with Crippen molar-refractivity contribution in [2.45, 2.75) is 26.4 Å². The van der Waals surface area contributed by atoms with E-state index in [1.807, 2.05) is 6.92 Å². The molecule has 0 heterocycles. The normalized spacial score (nSPS) is 11.8. The maximum Gasteiger partial charge on any atom is 0.441 e. The van der Waals surface area contributed by atoms with Crippen molar-refractivity contribution in [1.82, 2.24) is 0 Å². The molecule has 0 aliphatic carbocycles. The Morgan fingerprint density at radius 2 is 2.23 bits per heavy atom. The monoisotopic (exact) mass is 189 g/mol. The smallest absolute Gasteiger partial charge is 0.285 e. The Balaban J connectivity index is 3.88. The number of carbonyl (C=O) groups is 1. The van der Waals surface area contributed by atoms with Crippen LogP contribution in [0.4, 0.5) is 0 Å². The molecule has 0 aromatic heterocycles. The molecule has 0 spiro atoms. The van der Waals surface area contributed by atoms with Crippen LogP contribution in [0.1, 0.15) is 20.3 Å². The minimum Gasteiger partial charge on any atom is -0.285 e. The zero-order chi connectivity index (χ0) is 10.4. The van der Waals surface area contributed by atoms with Crippen LogP contribution in [-0.4, -0.2) is 17.0 Å². The van der Waals surface area contributed by atoms with Crippen molar-refractivity contribution in [3.8, 4) is 0 Å². The second-order valence-corrected chi connectivity index (χ2v) is 2.39. The summed E-state index contributed by atoms with van der Waals surface area (Å²) in [6.07, 6.45) is 0.349. The van der Waals surface area contributed by atoms with Crippen molar-refractivity contribution in [3.05, 3.63) is 22.4 Å². The lowest BCUT2D eigenvalue weighted by molar-refractivity contribution is -0.426. The molecule has 0 aromatic rings. The molecule has 0 N–H and O–H groups in total. The average Bonchev–Trinajstić information content (AvgIpc) is 2.11. The van der Waals surface area contributed by atoms with E-state index in [2.05, 4.69) is 16.4 Å². The van der Waals surface area contributed by atoms with Gasteiger partial charge in [-0.1, -0.05) is 6.92 Å². The van der Waals surface area contributed by atoms with Crippen LogP contribution in [0.2, 0.25) is 0 Å². The lowest BCUT2D eigenvalue weighted by Gasteiger charge is -2.06. The van der Waals surface area contributed by atoms with Gasteiger partial charge >= 0.3 is 11.7 Å². The van der Waals surface area contributed by atoms with E-state index in [-0.39, 0.29) is 6.10 Å². The minimum atomic E-state index is -1.18. The van der Waals surface area contributed by atoms with Gasteiger partial charge in [-0.2, -0.15) is 4.89 Å². The van der Waals surface area contributed by atoms with Crippen LogP contribution in [0.15, 0.2) is 12.3 Å². The summed E-state index contributed by atoms with van der Waals surface area (Å²) < 4.78 is 0. The topological polar surface area (TPSA) is 78.7 Å². The van der Waals surface area contributed by atoms with Crippen LogP contribution < -0.4 is 0 Å². The zero-order valence-corrected chi connectivity index (χ0v) is 7.48.